The predicted molar refractivity (Wildman–Crippen MR) is 186 cm³/mol. The zero-order valence-corrected chi connectivity index (χ0v) is 26.7. The highest BCUT2D eigenvalue weighted by Crippen LogP contribution is 2.46. The summed E-state index contributed by atoms with van der Waals surface area (Å²) in [5, 5.41) is 19.6. The summed E-state index contributed by atoms with van der Waals surface area (Å²) in [6.07, 6.45) is 11.8. The van der Waals surface area contributed by atoms with Crippen LogP contribution in [0.5, 0.6) is 0 Å². The molecule has 47 heavy (non-hydrogen) atoms. The van der Waals surface area contributed by atoms with Gasteiger partial charge in [0, 0.05) is 40.3 Å². The first-order chi connectivity index (χ1) is 22.9. The summed E-state index contributed by atoms with van der Waals surface area (Å²) in [5.74, 6) is -1.01. The number of amides is 2. The van der Waals surface area contributed by atoms with Crippen molar-refractivity contribution in [2.45, 2.75) is 75.8 Å². The molecule has 3 aromatic carbocycles. The van der Waals surface area contributed by atoms with E-state index in [1.807, 2.05) is 12.1 Å². The van der Waals surface area contributed by atoms with Gasteiger partial charge in [-0.15, -0.1) is 0 Å². The molecule has 2 amide bonds. The molecule has 0 atom stereocenters. The maximum Gasteiger partial charge on any atom is 0.328 e. The molecule has 2 fully saturated rings. The van der Waals surface area contributed by atoms with Gasteiger partial charge in [-0.1, -0.05) is 61.7 Å². The smallest absolute Gasteiger partial charge is 0.328 e. The molecule has 1 saturated carbocycles. The van der Waals surface area contributed by atoms with Crippen molar-refractivity contribution in [1.29, 1.82) is 0 Å². The van der Waals surface area contributed by atoms with Gasteiger partial charge < -0.3 is 25.6 Å². The fourth-order valence-electron chi connectivity index (χ4n) is 7.89. The van der Waals surface area contributed by atoms with Crippen molar-refractivity contribution in [3.63, 3.8) is 0 Å². The van der Waals surface area contributed by atoms with Gasteiger partial charge in [-0.05, 0) is 105 Å². The van der Waals surface area contributed by atoms with Crippen LogP contribution in [-0.4, -0.2) is 46.1 Å². The molecular formula is C39H42N4O4. The number of aryl methyl sites for hydroxylation is 2. The molecule has 8 heteroatoms. The van der Waals surface area contributed by atoms with Crippen LogP contribution >= 0.6 is 0 Å². The molecule has 4 aromatic rings. The minimum absolute atomic E-state index is 0.248. The number of aromatic nitrogens is 1. The Hall–Kier alpha value is -4.69. The maximum absolute atomic E-state index is 14.1. The van der Waals surface area contributed by atoms with Gasteiger partial charge in [-0.3, -0.25) is 9.59 Å². The minimum atomic E-state index is -1.07. The third-order valence-corrected chi connectivity index (χ3v) is 10.3. The standard InChI is InChI=1S/C39H42N4O4/c44-34(45)19-14-26-12-16-30(17-13-26)41-38(47)39(20-22-40-23-21-39)42-37(46)29-15-18-32-33(25-29)43-24-6-10-27-7-4-5-11-31(27)36(43)35(32)28-8-2-1-3-9-28/h4-5,7,11-19,25,28,40H,1-3,6,8-10,20-24H2,(H,41,47)(H,42,46)(H,44,45). The van der Waals surface area contributed by atoms with Crippen molar-refractivity contribution in [3.05, 3.63) is 95.1 Å². The van der Waals surface area contributed by atoms with Crippen molar-refractivity contribution in [2.75, 3.05) is 18.4 Å². The summed E-state index contributed by atoms with van der Waals surface area (Å²) in [4.78, 5) is 38.8. The van der Waals surface area contributed by atoms with Gasteiger partial charge in [0.25, 0.3) is 5.91 Å². The highest BCUT2D eigenvalue weighted by molar-refractivity contribution is 6.06. The van der Waals surface area contributed by atoms with Crippen molar-refractivity contribution >= 4 is 40.4 Å². The Morgan fingerprint density at radius 2 is 1.68 bits per heavy atom. The molecule has 0 radical (unpaired) electrons. The SMILES string of the molecule is O=C(O)C=Cc1ccc(NC(=O)C2(NC(=O)c3ccc4c(C5CCCCC5)c5n(c4c3)CCCc3ccccc3-5)CCNCC2)cc1. The fraction of sp³-hybridized carbons (Fsp3) is 0.359. The average molecular weight is 631 g/mol. The first kappa shape index (κ1) is 30.9. The molecule has 3 aliphatic rings. The molecule has 8 nitrogen and oxygen atoms in total. The van der Waals surface area contributed by atoms with Gasteiger partial charge in [0.15, 0.2) is 0 Å². The molecule has 0 unspecified atom stereocenters. The van der Waals surface area contributed by atoms with E-state index in [2.05, 4.69) is 50.8 Å². The molecule has 4 N–H and O–H groups in total. The average Bonchev–Trinajstić information content (AvgIpc) is 3.29. The minimum Gasteiger partial charge on any atom is -0.478 e. The van der Waals surface area contributed by atoms with Gasteiger partial charge in [0.05, 0.1) is 5.69 Å². The van der Waals surface area contributed by atoms with E-state index in [0.29, 0.717) is 48.7 Å². The third kappa shape index (κ3) is 6.22. The van der Waals surface area contributed by atoms with E-state index in [9.17, 15) is 14.4 Å². The first-order valence-corrected chi connectivity index (χ1v) is 17.0. The highest BCUT2D eigenvalue weighted by Gasteiger charge is 2.41. The second-order valence-corrected chi connectivity index (χ2v) is 13.3. The Kier molecular flexibility index (Phi) is 8.69. The number of hydrogen-bond acceptors (Lipinski definition) is 4. The van der Waals surface area contributed by atoms with E-state index in [1.165, 1.54) is 66.0 Å². The van der Waals surface area contributed by atoms with E-state index >= 15 is 0 Å². The summed E-state index contributed by atoms with van der Waals surface area (Å²) in [6, 6.07) is 21.9. The Morgan fingerprint density at radius 3 is 2.45 bits per heavy atom. The van der Waals surface area contributed by atoms with Crippen LogP contribution in [0.3, 0.4) is 0 Å². The van der Waals surface area contributed by atoms with Gasteiger partial charge in [-0.25, -0.2) is 4.79 Å². The van der Waals surface area contributed by atoms with Gasteiger partial charge >= 0.3 is 5.97 Å². The molecule has 1 saturated heterocycles. The van der Waals surface area contributed by atoms with Gasteiger partial charge in [0.2, 0.25) is 5.91 Å². The molecule has 1 aromatic heterocycles. The number of carboxylic acid groups (broad SMARTS) is 1. The van der Waals surface area contributed by atoms with Crippen LogP contribution in [0.25, 0.3) is 28.2 Å². The Morgan fingerprint density at radius 1 is 0.915 bits per heavy atom. The Bertz CT molecular complexity index is 1840. The van der Waals surface area contributed by atoms with Crippen LogP contribution in [0, 0.1) is 0 Å². The summed E-state index contributed by atoms with van der Waals surface area (Å²) < 4.78 is 2.46. The lowest BCUT2D eigenvalue weighted by Crippen LogP contribution is -2.61. The summed E-state index contributed by atoms with van der Waals surface area (Å²) in [6.45, 7) is 2.13. The number of nitrogens with zero attached hydrogens (tertiary/aromatic N) is 1. The van der Waals surface area contributed by atoms with Crippen LogP contribution < -0.4 is 16.0 Å². The van der Waals surface area contributed by atoms with Crippen LogP contribution in [0.2, 0.25) is 0 Å². The number of nitrogens with one attached hydrogen (secondary N) is 3. The number of anilines is 1. The van der Waals surface area contributed by atoms with E-state index in [-0.39, 0.29) is 11.8 Å². The van der Waals surface area contributed by atoms with E-state index in [1.54, 1.807) is 24.3 Å². The monoisotopic (exact) mass is 630 g/mol. The molecule has 2 aliphatic heterocycles. The lowest BCUT2D eigenvalue weighted by atomic mass is 9.81. The number of hydrogen-bond donors (Lipinski definition) is 4. The zero-order valence-electron chi connectivity index (χ0n) is 26.7. The number of carboxylic acids is 1. The molecule has 3 heterocycles. The van der Waals surface area contributed by atoms with Crippen molar-refractivity contribution < 1.29 is 19.5 Å². The maximum atomic E-state index is 14.1. The van der Waals surface area contributed by atoms with Gasteiger partial charge in [0.1, 0.15) is 5.54 Å². The number of rotatable bonds is 7. The quantitative estimate of drug-likeness (QED) is 0.166. The van der Waals surface area contributed by atoms with Gasteiger partial charge in [-0.2, -0.15) is 0 Å². The molecule has 7 rings (SSSR count). The van der Waals surface area contributed by atoms with E-state index < -0.39 is 11.5 Å². The number of benzene rings is 3. The second kappa shape index (κ2) is 13.2. The predicted octanol–water partition coefficient (Wildman–Crippen LogP) is 6.89. The first-order valence-electron chi connectivity index (χ1n) is 17.0. The van der Waals surface area contributed by atoms with Crippen molar-refractivity contribution in [1.82, 2.24) is 15.2 Å². The number of piperidine rings is 1. The van der Waals surface area contributed by atoms with Crippen molar-refractivity contribution in [2.24, 2.45) is 0 Å². The largest absolute Gasteiger partial charge is 0.478 e. The number of carbonyl (C=O) groups excluding carboxylic acids is 2. The van der Waals surface area contributed by atoms with Crippen LogP contribution in [0.4, 0.5) is 5.69 Å². The number of aliphatic carboxylic acids is 1. The molecule has 242 valence electrons. The number of carbonyl (C=O) groups is 3. The summed E-state index contributed by atoms with van der Waals surface area (Å²) >= 11 is 0. The topological polar surface area (TPSA) is 112 Å². The third-order valence-electron chi connectivity index (χ3n) is 10.3. The molecule has 0 bridgehead atoms. The Labute approximate surface area is 275 Å². The van der Waals surface area contributed by atoms with Crippen LogP contribution in [0.1, 0.15) is 84.3 Å². The summed E-state index contributed by atoms with van der Waals surface area (Å²) in [5.41, 5.74) is 7.39. The zero-order chi connectivity index (χ0) is 32.4. The molecule has 1 aliphatic carbocycles. The highest BCUT2D eigenvalue weighted by atomic mass is 16.4. The fourth-order valence-corrected chi connectivity index (χ4v) is 7.89. The van der Waals surface area contributed by atoms with E-state index in [4.69, 9.17) is 5.11 Å². The lowest BCUT2D eigenvalue weighted by Gasteiger charge is -2.37. The van der Waals surface area contributed by atoms with Crippen LogP contribution in [0.15, 0.2) is 72.8 Å². The number of fused-ring (bicyclic) bond motifs is 5. The molecule has 0 spiro atoms. The normalized spacial score (nSPS) is 17.9. The van der Waals surface area contributed by atoms with Crippen molar-refractivity contribution in [3.8, 4) is 11.3 Å². The summed E-state index contributed by atoms with van der Waals surface area (Å²) in [7, 11) is 0. The molecular weight excluding hydrogens is 588 g/mol. The lowest BCUT2D eigenvalue weighted by molar-refractivity contribution is -0.131. The Balaban J connectivity index is 1.20. The second-order valence-electron chi connectivity index (χ2n) is 13.3. The van der Waals surface area contributed by atoms with E-state index in [0.717, 1.165) is 31.0 Å². The van der Waals surface area contributed by atoms with Crippen LogP contribution in [-0.2, 0) is 22.6 Å².